The zero-order valence-electron chi connectivity index (χ0n) is 9.33. The molecule has 0 aromatic heterocycles. The Hall–Kier alpha value is -0.590. The largest absolute Gasteiger partial charge is 0.313 e. The SMILES string of the molecule is CC(C)C(C)N(C)CC(C)(N)C#N. The van der Waals surface area contributed by atoms with E-state index in [1.807, 2.05) is 7.05 Å². The first-order chi connectivity index (χ1) is 5.80. The Morgan fingerprint density at radius 3 is 2.23 bits per heavy atom. The number of nitrogens with two attached hydrogens (primary N) is 1. The van der Waals surface area contributed by atoms with Gasteiger partial charge in [0.1, 0.15) is 5.54 Å². The van der Waals surface area contributed by atoms with Gasteiger partial charge >= 0.3 is 0 Å². The molecule has 13 heavy (non-hydrogen) atoms. The number of rotatable bonds is 4. The summed E-state index contributed by atoms with van der Waals surface area (Å²) < 4.78 is 0. The van der Waals surface area contributed by atoms with E-state index < -0.39 is 5.54 Å². The van der Waals surface area contributed by atoms with Crippen LogP contribution in [0.4, 0.5) is 0 Å². The van der Waals surface area contributed by atoms with Crippen molar-refractivity contribution in [3.8, 4) is 6.07 Å². The molecule has 3 heteroatoms. The molecule has 0 rings (SSSR count). The monoisotopic (exact) mass is 183 g/mol. The highest BCUT2D eigenvalue weighted by molar-refractivity contribution is 5.03. The summed E-state index contributed by atoms with van der Waals surface area (Å²) in [6, 6.07) is 2.56. The number of likely N-dealkylation sites (N-methyl/N-ethyl adjacent to an activating group) is 1. The molecular formula is C10H21N3. The summed E-state index contributed by atoms with van der Waals surface area (Å²) in [5.74, 6) is 0.583. The molecule has 0 aromatic rings. The Kier molecular flexibility index (Phi) is 4.38. The first-order valence-corrected chi connectivity index (χ1v) is 4.70. The third-order valence-corrected chi connectivity index (χ3v) is 2.49. The maximum Gasteiger partial charge on any atom is 0.114 e. The summed E-state index contributed by atoms with van der Waals surface area (Å²) in [4.78, 5) is 2.13. The van der Waals surface area contributed by atoms with E-state index in [1.54, 1.807) is 6.92 Å². The van der Waals surface area contributed by atoms with Crippen molar-refractivity contribution in [3.05, 3.63) is 0 Å². The van der Waals surface area contributed by atoms with Crippen LogP contribution in [0.5, 0.6) is 0 Å². The molecule has 0 aliphatic rings. The van der Waals surface area contributed by atoms with Gasteiger partial charge in [0.25, 0.3) is 0 Å². The lowest BCUT2D eigenvalue weighted by atomic mass is 10.0. The molecule has 0 aromatic carbocycles. The van der Waals surface area contributed by atoms with Crippen LogP contribution in [0.25, 0.3) is 0 Å². The van der Waals surface area contributed by atoms with Gasteiger partial charge in [0.15, 0.2) is 0 Å². The molecule has 2 atom stereocenters. The maximum atomic E-state index is 8.76. The third-order valence-electron chi connectivity index (χ3n) is 2.49. The van der Waals surface area contributed by atoms with E-state index in [-0.39, 0.29) is 0 Å². The fourth-order valence-electron chi connectivity index (χ4n) is 1.21. The smallest absolute Gasteiger partial charge is 0.114 e. The van der Waals surface area contributed by atoms with Crippen molar-refractivity contribution in [2.45, 2.75) is 39.3 Å². The number of nitrogens with zero attached hydrogens (tertiary/aromatic N) is 2. The van der Waals surface area contributed by atoms with Crippen molar-refractivity contribution in [2.75, 3.05) is 13.6 Å². The van der Waals surface area contributed by atoms with Gasteiger partial charge in [-0.05, 0) is 26.8 Å². The summed E-state index contributed by atoms with van der Waals surface area (Å²) in [5, 5.41) is 8.76. The molecule has 2 N–H and O–H groups in total. The van der Waals surface area contributed by atoms with Crippen LogP contribution in [-0.4, -0.2) is 30.1 Å². The van der Waals surface area contributed by atoms with Gasteiger partial charge in [0.2, 0.25) is 0 Å². The van der Waals surface area contributed by atoms with Gasteiger partial charge in [-0.3, -0.25) is 0 Å². The molecular weight excluding hydrogens is 162 g/mol. The van der Waals surface area contributed by atoms with Crippen LogP contribution < -0.4 is 5.73 Å². The van der Waals surface area contributed by atoms with Crippen molar-refractivity contribution in [1.29, 1.82) is 5.26 Å². The third kappa shape index (κ3) is 4.25. The number of nitriles is 1. The van der Waals surface area contributed by atoms with Gasteiger partial charge in [-0.1, -0.05) is 13.8 Å². The Morgan fingerprint density at radius 1 is 1.46 bits per heavy atom. The zero-order valence-corrected chi connectivity index (χ0v) is 9.33. The highest BCUT2D eigenvalue weighted by Crippen LogP contribution is 2.10. The highest BCUT2D eigenvalue weighted by atomic mass is 15.1. The lowest BCUT2D eigenvalue weighted by Gasteiger charge is -2.31. The van der Waals surface area contributed by atoms with Crippen LogP contribution in [0.2, 0.25) is 0 Å². The summed E-state index contributed by atoms with van der Waals surface area (Å²) in [7, 11) is 2.01. The molecule has 3 nitrogen and oxygen atoms in total. The Morgan fingerprint density at radius 2 is 1.92 bits per heavy atom. The minimum absolute atomic E-state index is 0.455. The van der Waals surface area contributed by atoms with E-state index in [2.05, 4.69) is 31.7 Å². The molecule has 0 saturated heterocycles. The van der Waals surface area contributed by atoms with Crippen LogP contribution in [0.1, 0.15) is 27.7 Å². The molecule has 0 fully saturated rings. The van der Waals surface area contributed by atoms with Gasteiger partial charge < -0.3 is 10.6 Å². The second-order valence-corrected chi connectivity index (χ2v) is 4.43. The zero-order chi connectivity index (χ0) is 10.6. The number of hydrogen-bond donors (Lipinski definition) is 1. The lowest BCUT2D eigenvalue weighted by Crippen LogP contribution is -2.49. The average Bonchev–Trinajstić information content (AvgIpc) is 2.02. The summed E-state index contributed by atoms with van der Waals surface area (Å²) >= 11 is 0. The lowest BCUT2D eigenvalue weighted by molar-refractivity contribution is 0.186. The van der Waals surface area contributed by atoms with Crippen LogP contribution >= 0.6 is 0 Å². The van der Waals surface area contributed by atoms with E-state index in [4.69, 9.17) is 11.0 Å². The second-order valence-electron chi connectivity index (χ2n) is 4.43. The normalized spacial score (nSPS) is 18.4. The molecule has 0 radical (unpaired) electrons. The van der Waals surface area contributed by atoms with Gasteiger partial charge in [-0.15, -0.1) is 0 Å². The summed E-state index contributed by atoms with van der Waals surface area (Å²) in [5.41, 5.74) is 5.01. The van der Waals surface area contributed by atoms with E-state index in [1.165, 1.54) is 0 Å². The summed E-state index contributed by atoms with van der Waals surface area (Å²) in [6.07, 6.45) is 0. The summed E-state index contributed by atoms with van der Waals surface area (Å²) in [6.45, 7) is 8.86. The predicted molar refractivity (Wildman–Crippen MR) is 55.1 cm³/mol. The van der Waals surface area contributed by atoms with Gasteiger partial charge in [0, 0.05) is 12.6 Å². The van der Waals surface area contributed by atoms with Crippen molar-refractivity contribution in [3.63, 3.8) is 0 Å². The maximum absolute atomic E-state index is 8.76. The molecule has 0 amide bonds. The first-order valence-electron chi connectivity index (χ1n) is 4.70. The van der Waals surface area contributed by atoms with Gasteiger partial charge in [-0.2, -0.15) is 5.26 Å². The topological polar surface area (TPSA) is 53.0 Å². The first kappa shape index (κ1) is 12.4. The van der Waals surface area contributed by atoms with Crippen LogP contribution in [0, 0.1) is 17.2 Å². The fraction of sp³-hybridized carbons (Fsp3) is 0.900. The van der Waals surface area contributed by atoms with E-state index in [0.29, 0.717) is 18.5 Å². The Labute approximate surface area is 81.5 Å². The van der Waals surface area contributed by atoms with E-state index in [9.17, 15) is 0 Å². The number of hydrogen-bond acceptors (Lipinski definition) is 3. The molecule has 0 saturated carbocycles. The van der Waals surface area contributed by atoms with Gasteiger partial charge in [-0.25, -0.2) is 0 Å². The van der Waals surface area contributed by atoms with Crippen LogP contribution in [-0.2, 0) is 0 Å². The fourth-order valence-corrected chi connectivity index (χ4v) is 1.21. The molecule has 0 aliphatic heterocycles. The van der Waals surface area contributed by atoms with Crippen LogP contribution in [0.15, 0.2) is 0 Å². The van der Waals surface area contributed by atoms with Crippen molar-refractivity contribution < 1.29 is 0 Å². The van der Waals surface area contributed by atoms with E-state index >= 15 is 0 Å². The Bertz CT molecular complexity index is 191. The van der Waals surface area contributed by atoms with E-state index in [0.717, 1.165) is 0 Å². The second kappa shape index (κ2) is 4.59. The van der Waals surface area contributed by atoms with Gasteiger partial charge in [0.05, 0.1) is 6.07 Å². The average molecular weight is 183 g/mol. The molecule has 2 unspecified atom stereocenters. The Balaban J connectivity index is 4.16. The molecule has 0 spiro atoms. The quantitative estimate of drug-likeness (QED) is 0.712. The standard InChI is InChI=1S/C10H21N3/c1-8(2)9(3)13(5)7-10(4,12)6-11/h8-9H,7,12H2,1-5H3. The molecule has 0 heterocycles. The van der Waals surface area contributed by atoms with Crippen LogP contribution in [0.3, 0.4) is 0 Å². The molecule has 0 aliphatic carbocycles. The molecule has 76 valence electrons. The van der Waals surface area contributed by atoms with Crippen molar-refractivity contribution in [1.82, 2.24) is 4.90 Å². The highest BCUT2D eigenvalue weighted by Gasteiger charge is 2.23. The minimum atomic E-state index is -0.738. The predicted octanol–water partition coefficient (Wildman–Crippen LogP) is 1.20. The van der Waals surface area contributed by atoms with Crippen molar-refractivity contribution in [2.24, 2.45) is 11.7 Å². The van der Waals surface area contributed by atoms with Crippen molar-refractivity contribution >= 4 is 0 Å². The minimum Gasteiger partial charge on any atom is -0.313 e. The molecule has 0 bridgehead atoms.